The molecule has 0 aliphatic heterocycles. The van der Waals surface area contributed by atoms with E-state index >= 15 is 0 Å². The molecule has 0 saturated heterocycles. The van der Waals surface area contributed by atoms with Crippen molar-refractivity contribution in [2.45, 2.75) is 51.4 Å². The van der Waals surface area contributed by atoms with Crippen LogP contribution in [-0.2, 0) is 0 Å². The predicted octanol–water partition coefficient (Wildman–Crippen LogP) is 5.73. The molecule has 2 rings (SSSR count). The molecule has 0 nitrogen and oxygen atoms in total. The molecule has 1 aliphatic rings. The van der Waals surface area contributed by atoms with Crippen molar-refractivity contribution in [3.05, 3.63) is 47.3 Å². The summed E-state index contributed by atoms with van der Waals surface area (Å²) < 4.78 is 39.5. The van der Waals surface area contributed by atoms with Gasteiger partial charge in [-0.3, -0.25) is 0 Å². The van der Waals surface area contributed by atoms with Crippen molar-refractivity contribution >= 4 is 0 Å². The quantitative estimate of drug-likeness (QED) is 0.488. The van der Waals surface area contributed by atoms with Gasteiger partial charge in [-0.15, -0.1) is 0 Å². The SMILES string of the molecule is CCC/C=C/C1CCC(c2cc(F)c(F)c(F)c2)CC1. The summed E-state index contributed by atoms with van der Waals surface area (Å²) in [4.78, 5) is 0. The van der Waals surface area contributed by atoms with Gasteiger partial charge in [-0.2, -0.15) is 0 Å². The third-order valence-corrected chi connectivity index (χ3v) is 4.11. The van der Waals surface area contributed by atoms with E-state index in [2.05, 4.69) is 19.1 Å². The van der Waals surface area contributed by atoms with Crippen molar-refractivity contribution in [1.82, 2.24) is 0 Å². The van der Waals surface area contributed by atoms with Crippen molar-refractivity contribution in [3.8, 4) is 0 Å². The highest BCUT2D eigenvalue weighted by molar-refractivity contribution is 5.23. The van der Waals surface area contributed by atoms with Gasteiger partial charge in [-0.05, 0) is 61.6 Å². The summed E-state index contributed by atoms with van der Waals surface area (Å²) >= 11 is 0. The molecule has 1 aromatic carbocycles. The lowest BCUT2D eigenvalue weighted by atomic mass is 9.78. The number of halogens is 3. The number of benzene rings is 1. The lowest BCUT2D eigenvalue weighted by Crippen LogP contribution is -2.12. The van der Waals surface area contributed by atoms with E-state index in [0.717, 1.165) is 50.7 Å². The molecule has 110 valence electrons. The molecule has 0 radical (unpaired) electrons. The Morgan fingerprint density at radius 2 is 1.65 bits per heavy atom. The van der Waals surface area contributed by atoms with Gasteiger partial charge < -0.3 is 0 Å². The summed E-state index contributed by atoms with van der Waals surface area (Å²) in [6, 6.07) is 2.30. The van der Waals surface area contributed by atoms with Gasteiger partial charge in [0.15, 0.2) is 17.5 Å². The average Bonchev–Trinajstić information content (AvgIpc) is 2.45. The zero-order chi connectivity index (χ0) is 14.5. The van der Waals surface area contributed by atoms with Crippen LogP contribution >= 0.6 is 0 Å². The van der Waals surface area contributed by atoms with Crippen LogP contribution in [0.2, 0.25) is 0 Å². The molecule has 1 aliphatic carbocycles. The molecule has 1 saturated carbocycles. The second-order valence-electron chi connectivity index (χ2n) is 5.63. The summed E-state index contributed by atoms with van der Waals surface area (Å²) in [5.74, 6) is -2.80. The van der Waals surface area contributed by atoms with E-state index < -0.39 is 17.5 Å². The Kier molecular flexibility index (Phi) is 5.27. The van der Waals surface area contributed by atoms with Crippen molar-refractivity contribution in [3.63, 3.8) is 0 Å². The molecule has 1 aromatic rings. The van der Waals surface area contributed by atoms with E-state index in [1.165, 1.54) is 0 Å². The van der Waals surface area contributed by atoms with Gasteiger partial charge >= 0.3 is 0 Å². The van der Waals surface area contributed by atoms with Crippen LogP contribution in [0.4, 0.5) is 13.2 Å². The Balaban J connectivity index is 1.97. The number of hydrogen-bond acceptors (Lipinski definition) is 0. The number of allylic oxidation sites excluding steroid dienone is 2. The molecule has 0 bridgehead atoms. The van der Waals surface area contributed by atoms with Gasteiger partial charge in [-0.25, -0.2) is 13.2 Å². The second-order valence-corrected chi connectivity index (χ2v) is 5.63. The minimum Gasteiger partial charge on any atom is -0.204 e. The van der Waals surface area contributed by atoms with E-state index in [9.17, 15) is 13.2 Å². The fraction of sp³-hybridized carbons (Fsp3) is 0.529. The molecule has 0 heterocycles. The first-order valence-corrected chi connectivity index (χ1v) is 7.43. The Bertz CT molecular complexity index is 448. The third-order valence-electron chi connectivity index (χ3n) is 4.11. The topological polar surface area (TPSA) is 0 Å². The molecule has 1 fully saturated rings. The average molecular weight is 282 g/mol. The summed E-state index contributed by atoms with van der Waals surface area (Å²) in [5, 5.41) is 0. The summed E-state index contributed by atoms with van der Waals surface area (Å²) in [7, 11) is 0. The van der Waals surface area contributed by atoms with E-state index in [1.54, 1.807) is 0 Å². The van der Waals surface area contributed by atoms with E-state index in [1.807, 2.05) is 0 Å². The lowest BCUT2D eigenvalue weighted by molar-refractivity contribution is 0.370. The van der Waals surface area contributed by atoms with Crippen molar-refractivity contribution in [2.24, 2.45) is 5.92 Å². The molecular weight excluding hydrogens is 261 g/mol. The smallest absolute Gasteiger partial charge is 0.194 e. The van der Waals surface area contributed by atoms with Gasteiger partial charge in [0.1, 0.15) is 0 Å². The van der Waals surface area contributed by atoms with E-state index in [4.69, 9.17) is 0 Å². The van der Waals surface area contributed by atoms with Crippen LogP contribution in [0.15, 0.2) is 24.3 Å². The van der Waals surface area contributed by atoms with Gasteiger partial charge in [-0.1, -0.05) is 25.5 Å². The molecule has 0 aromatic heterocycles. The highest BCUT2D eigenvalue weighted by Gasteiger charge is 2.23. The van der Waals surface area contributed by atoms with Gasteiger partial charge in [0.2, 0.25) is 0 Å². The van der Waals surface area contributed by atoms with Gasteiger partial charge in [0.25, 0.3) is 0 Å². The first-order valence-electron chi connectivity index (χ1n) is 7.43. The fourth-order valence-corrected chi connectivity index (χ4v) is 2.91. The van der Waals surface area contributed by atoms with Gasteiger partial charge in [0.05, 0.1) is 0 Å². The largest absolute Gasteiger partial charge is 0.204 e. The van der Waals surface area contributed by atoms with E-state index in [-0.39, 0.29) is 5.92 Å². The molecular formula is C17H21F3. The molecule has 3 heteroatoms. The molecule has 0 spiro atoms. The monoisotopic (exact) mass is 282 g/mol. The van der Waals surface area contributed by atoms with Gasteiger partial charge in [0, 0.05) is 0 Å². The highest BCUT2D eigenvalue weighted by atomic mass is 19.2. The minimum atomic E-state index is -1.37. The maximum Gasteiger partial charge on any atom is 0.194 e. The van der Waals surface area contributed by atoms with Crippen LogP contribution in [0, 0.1) is 23.4 Å². The zero-order valence-corrected chi connectivity index (χ0v) is 11.8. The summed E-state index contributed by atoms with van der Waals surface area (Å²) in [6.07, 6.45) is 10.6. The maximum absolute atomic E-state index is 13.3. The highest BCUT2D eigenvalue weighted by Crippen LogP contribution is 2.37. The zero-order valence-electron chi connectivity index (χ0n) is 11.8. The molecule has 0 atom stereocenters. The normalized spacial score (nSPS) is 23.4. The van der Waals surface area contributed by atoms with Crippen LogP contribution < -0.4 is 0 Å². The van der Waals surface area contributed by atoms with Crippen LogP contribution in [0.25, 0.3) is 0 Å². The molecule has 20 heavy (non-hydrogen) atoms. The molecule has 0 unspecified atom stereocenters. The summed E-state index contributed by atoms with van der Waals surface area (Å²) in [5.41, 5.74) is 0.595. The molecule has 0 N–H and O–H groups in total. The summed E-state index contributed by atoms with van der Waals surface area (Å²) in [6.45, 7) is 2.15. The standard InChI is InChI=1S/C17H21F3/c1-2-3-4-5-12-6-8-13(9-7-12)14-10-15(18)17(20)16(19)11-14/h4-5,10-13H,2-3,6-9H2,1H3/b5-4+. The van der Waals surface area contributed by atoms with Crippen LogP contribution in [0.5, 0.6) is 0 Å². The van der Waals surface area contributed by atoms with Crippen LogP contribution in [0.1, 0.15) is 56.9 Å². The number of rotatable bonds is 4. The first-order chi connectivity index (χ1) is 9.61. The maximum atomic E-state index is 13.3. The van der Waals surface area contributed by atoms with Crippen LogP contribution in [0.3, 0.4) is 0 Å². The fourth-order valence-electron chi connectivity index (χ4n) is 2.91. The Morgan fingerprint density at radius 3 is 2.20 bits per heavy atom. The predicted molar refractivity (Wildman–Crippen MR) is 75.1 cm³/mol. The second kappa shape index (κ2) is 6.96. The minimum absolute atomic E-state index is 0.149. The Labute approximate surface area is 118 Å². The van der Waals surface area contributed by atoms with E-state index in [0.29, 0.717) is 11.5 Å². The van der Waals surface area contributed by atoms with Crippen molar-refractivity contribution < 1.29 is 13.2 Å². The van der Waals surface area contributed by atoms with Crippen LogP contribution in [-0.4, -0.2) is 0 Å². The lowest BCUT2D eigenvalue weighted by Gasteiger charge is -2.27. The number of hydrogen-bond donors (Lipinski definition) is 0. The van der Waals surface area contributed by atoms with Crippen molar-refractivity contribution in [2.75, 3.05) is 0 Å². The molecule has 0 amide bonds. The number of unbranched alkanes of at least 4 members (excludes halogenated alkanes) is 1. The Morgan fingerprint density at radius 1 is 1.05 bits per heavy atom. The third kappa shape index (κ3) is 3.65. The first kappa shape index (κ1) is 15.1. The Hall–Kier alpha value is -1.25. The van der Waals surface area contributed by atoms with Crippen molar-refractivity contribution in [1.29, 1.82) is 0 Å².